The van der Waals surface area contributed by atoms with E-state index in [9.17, 15) is 13.2 Å². The van der Waals surface area contributed by atoms with Crippen LogP contribution in [0.1, 0.15) is 0 Å². The fourth-order valence-electron chi connectivity index (χ4n) is 0.290. The molecular weight excluding hydrogens is 145 g/mol. The topological polar surface area (TPSA) is 24.7 Å². The maximum absolute atomic E-state index is 11.6. The summed E-state index contributed by atoms with van der Waals surface area (Å²) in [5.41, 5.74) is 0. The molecule has 0 aromatic carbocycles. The highest BCUT2D eigenvalue weighted by molar-refractivity contribution is 5.91. The van der Waals surface area contributed by atoms with Crippen LogP contribution in [0.25, 0.3) is 0 Å². The summed E-state index contributed by atoms with van der Waals surface area (Å²) in [6.07, 6.45) is -3.77. The fraction of sp³-hybridized carbons (Fsp3) is 0.200. The predicted molar refractivity (Wildman–Crippen MR) is 33.2 cm³/mol. The molecule has 0 aliphatic heterocycles. The van der Waals surface area contributed by atoms with Crippen molar-refractivity contribution in [3.8, 4) is 0 Å². The van der Waals surface area contributed by atoms with Gasteiger partial charge in [-0.05, 0) is 6.72 Å². The van der Waals surface area contributed by atoms with Gasteiger partial charge in [0.25, 0.3) is 0 Å². The molecule has 0 N–H and O–H groups in total. The number of nitrogens with zero attached hydrogens (tertiary/aromatic N) is 2. The van der Waals surface area contributed by atoms with Crippen molar-refractivity contribution in [1.29, 1.82) is 0 Å². The Kier molecular flexibility index (Phi) is 2.79. The van der Waals surface area contributed by atoms with Gasteiger partial charge in [-0.15, -0.1) is 0 Å². The molecular formula is C5H5F3N2. The van der Waals surface area contributed by atoms with E-state index in [1.807, 2.05) is 0 Å². The van der Waals surface area contributed by atoms with Gasteiger partial charge in [-0.25, -0.2) is 9.98 Å². The van der Waals surface area contributed by atoms with Crippen LogP contribution in [-0.2, 0) is 0 Å². The summed E-state index contributed by atoms with van der Waals surface area (Å²) in [7, 11) is 0. The first kappa shape index (κ1) is 8.87. The zero-order chi connectivity index (χ0) is 8.20. The third-order valence-corrected chi connectivity index (χ3v) is 0.617. The van der Waals surface area contributed by atoms with Gasteiger partial charge in [0, 0.05) is 6.20 Å². The van der Waals surface area contributed by atoms with Gasteiger partial charge >= 0.3 is 6.18 Å². The molecule has 5 heteroatoms. The Morgan fingerprint density at radius 1 is 1.40 bits per heavy atom. The molecule has 0 aliphatic rings. The van der Waals surface area contributed by atoms with Crippen molar-refractivity contribution in [3.05, 3.63) is 12.8 Å². The van der Waals surface area contributed by atoms with Gasteiger partial charge in [-0.2, -0.15) is 13.2 Å². The van der Waals surface area contributed by atoms with E-state index in [-0.39, 0.29) is 0 Å². The Balaban J connectivity index is 4.51. The van der Waals surface area contributed by atoms with Crippen molar-refractivity contribution in [1.82, 2.24) is 0 Å². The van der Waals surface area contributed by atoms with Crippen LogP contribution in [0, 0.1) is 0 Å². The van der Waals surface area contributed by atoms with Gasteiger partial charge in [-0.3, -0.25) is 0 Å². The molecule has 0 aromatic rings. The third kappa shape index (κ3) is 2.43. The summed E-state index contributed by atoms with van der Waals surface area (Å²) < 4.78 is 34.8. The van der Waals surface area contributed by atoms with Crippen LogP contribution in [0.3, 0.4) is 0 Å². The maximum atomic E-state index is 11.6. The normalized spacial score (nSPS) is 12.9. The summed E-state index contributed by atoms with van der Waals surface area (Å²) in [4.78, 5) is 5.49. The van der Waals surface area contributed by atoms with Crippen LogP contribution in [0.5, 0.6) is 0 Å². The average molecular weight is 150 g/mol. The van der Waals surface area contributed by atoms with Gasteiger partial charge in [0.1, 0.15) is 0 Å². The molecule has 2 nitrogen and oxygen atoms in total. The molecule has 0 aromatic heterocycles. The van der Waals surface area contributed by atoms with Gasteiger partial charge in [0.05, 0.1) is 0 Å². The van der Waals surface area contributed by atoms with E-state index < -0.39 is 12.0 Å². The predicted octanol–water partition coefficient (Wildman–Crippen LogP) is 1.79. The van der Waals surface area contributed by atoms with Gasteiger partial charge in [0.2, 0.25) is 5.84 Å². The lowest BCUT2D eigenvalue weighted by Crippen LogP contribution is -2.19. The van der Waals surface area contributed by atoms with Crippen molar-refractivity contribution in [2.24, 2.45) is 9.98 Å². The molecule has 0 fully saturated rings. The molecule has 0 unspecified atom stereocenters. The number of aliphatic imine (C=N–C) groups is 2. The van der Waals surface area contributed by atoms with Crippen LogP contribution in [-0.4, -0.2) is 18.7 Å². The first-order valence-electron chi connectivity index (χ1n) is 2.25. The second kappa shape index (κ2) is 3.14. The molecule has 56 valence electrons. The van der Waals surface area contributed by atoms with Crippen LogP contribution in [0.4, 0.5) is 13.2 Å². The Morgan fingerprint density at radius 3 is 2.00 bits per heavy atom. The van der Waals surface area contributed by atoms with Gasteiger partial charge in [-0.1, -0.05) is 6.58 Å². The van der Waals surface area contributed by atoms with E-state index >= 15 is 0 Å². The number of alkyl halides is 3. The maximum Gasteiger partial charge on any atom is 0.451 e. The number of hydrogen-bond acceptors (Lipinski definition) is 1. The summed E-state index contributed by atoms with van der Waals surface area (Å²) in [6.45, 7) is 5.68. The summed E-state index contributed by atoms with van der Waals surface area (Å²) in [5.74, 6) is -1.28. The van der Waals surface area contributed by atoms with E-state index in [4.69, 9.17) is 0 Å². The molecule has 0 bridgehead atoms. The monoisotopic (exact) mass is 150 g/mol. The largest absolute Gasteiger partial charge is 0.451 e. The molecule has 0 spiro atoms. The lowest BCUT2D eigenvalue weighted by atomic mass is 10.6. The van der Waals surface area contributed by atoms with Gasteiger partial charge in [0.15, 0.2) is 0 Å². The average Bonchev–Trinajstić information content (AvgIpc) is 1.80. The molecule has 0 saturated carbocycles. The minimum absolute atomic E-state index is 0.761. The highest BCUT2D eigenvalue weighted by Gasteiger charge is 2.34. The first-order chi connectivity index (χ1) is 4.52. The number of hydrogen-bond donors (Lipinski definition) is 0. The lowest BCUT2D eigenvalue weighted by molar-refractivity contribution is -0.0596. The molecule has 0 saturated heterocycles. The summed E-state index contributed by atoms with van der Waals surface area (Å²) in [5, 5.41) is 0. The second-order valence-corrected chi connectivity index (χ2v) is 1.29. The van der Waals surface area contributed by atoms with E-state index in [1.165, 1.54) is 0 Å². The summed E-state index contributed by atoms with van der Waals surface area (Å²) in [6, 6.07) is 0. The van der Waals surface area contributed by atoms with Crippen molar-refractivity contribution in [2.45, 2.75) is 6.18 Å². The van der Waals surface area contributed by atoms with Crippen molar-refractivity contribution in [2.75, 3.05) is 0 Å². The Hall–Kier alpha value is -1.13. The Morgan fingerprint density at radius 2 is 1.90 bits per heavy atom. The standard InChI is InChI=1S/C5H5F3N2/c1-3-10-4(9-2)5(6,7)8/h3H,1-2H2. The number of rotatable bonds is 1. The molecule has 0 aliphatic carbocycles. The van der Waals surface area contributed by atoms with Crippen molar-refractivity contribution in [3.63, 3.8) is 0 Å². The van der Waals surface area contributed by atoms with Crippen LogP contribution in [0.2, 0.25) is 0 Å². The van der Waals surface area contributed by atoms with E-state index in [0.717, 1.165) is 6.20 Å². The molecule has 0 radical (unpaired) electrons. The van der Waals surface area contributed by atoms with Gasteiger partial charge < -0.3 is 0 Å². The first-order valence-corrected chi connectivity index (χ1v) is 2.25. The molecule has 10 heavy (non-hydrogen) atoms. The zero-order valence-electron chi connectivity index (χ0n) is 5.02. The Bertz CT molecular complexity index is 168. The molecule has 0 rings (SSSR count). The van der Waals surface area contributed by atoms with Crippen molar-refractivity contribution >= 4 is 12.6 Å². The second-order valence-electron chi connectivity index (χ2n) is 1.29. The van der Waals surface area contributed by atoms with Crippen molar-refractivity contribution < 1.29 is 13.2 Å². The van der Waals surface area contributed by atoms with Crippen LogP contribution in [0.15, 0.2) is 22.8 Å². The summed E-state index contributed by atoms with van der Waals surface area (Å²) >= 11 is 0. The molecule has 0 amide bonds. The lowest BCUT2D eigenvalue weighted by Gasteiger charge is -2.01. The number of amidine groups is 1. The number of halogens is 3. The van der Waals surface area contributed by atoms with E-state index in [2.05, 4.69) is 23.3 Å². The highest BCUT2D eigenvalue weighted by Crippen LogP contribution is 2.17. The van der Waals surface area contributed by atoms with E-state index in [0.29, 0.717) is 0 Å². The third-order valence-electron chi connectivity index (χ3n) is 0.617. The molecule has 0 atom stereocenters. The smallest absolute Gasteiger partial charge is 0.241 e. The van der Waals surface area contributed by atoms with E-state index in [1.54, 1.807) is 0 Å². The SMILES string of the molecule is C=CN=C(N=C)C(F)(F)F. The highest BCUT2D eigenvalue weighted by atomic mass is 19.4. The Labute approximate surface area is 55.8 Å². The fourth-order valence-corrected chi connectivity index (χ4v) is 0.290. The molecule has 0 heterocycles. The van der Waals surface area contributed by atoms with Crippen LogP contribution >= 0.6 is 0 Å². The minimum atomic E-state index is -4.53. The quantitative estimate of drug-likeness (QED) is 0.402. The zero-order valence-corrected chi connectivity index (χ0v) is 5.02. The van der Waals surface area contributed by atoms with Crippen LogP contribution < -0.4 is 0 Å². The minimum Gasteiger partial charge on any atom is -0.241 e.